The van der Waals surface area contributed by atoms with Crippen LogP contribution in [0.5, 0.6) is 5.75 Å². The number of nitrogens with zero attached hydrogens (tertiary/aromatic N) is 1. The summed E-state index contributed by atoms with van der Waals surface area (Å²) in [5.74, 6) is 1.68. The molecule has 0 aromatic heterocycles. The quantitative estimate of drug-likeness (QED) is 0.871. The molecule has 1 saturated heterocycles. The molecule has 4 rings (SSSR count). The molecule has 1 aliphatic heterocycles. The van der Waals surface area contributed by atoms with Crippen LogP contribution >= 0.6 is 0 Å². The number of rotatable bonds is 3. The van der Waals surface area contributed by atoms with E-state index in [4.69, 9.17) is 4.74 Å². The van der Waals surface area contributed by atoms with Gasteiger partial charge in [0.25, 0.3) is 0 Å². The Morgan fingerprint density at radius 1 is 1.04 bits per heavy atom. The van der Waals surface area contributed by atoms with E-state index < -0.39 is 0 Å². The number of fused-ring (bicyclic) bond motifs is 2. The summed E-state index contributed by atoms with van der Waals surface area (Å²) in [4.78, 5) is 14.6. The van der Waals surface area contributed by atoms with E-state index in [1.165, 1.54) is 16.7 Å². The van der Waals surface area contributed by atoms with Crippen LogP contribution in [0.2, 0.25) is 0 Å². The van der Waals surface area contributed by atoms with Crippen molar-refractivity contribution in [2.45, 2.75) is 31.8 Å². The molecule has 0 radical (unpaired) electrons. The fraction of sp³-hybridized carbons (Fsp3) is 0.350. The Hall–Kier alpha value is -2.29. The molecule has 1 fully saturated rings. The molecular formula is C20H21NO2. The third-order valence-corrected chi connectivity index (χ3v) is 5.24. The zero-order valence-corrected chi connectivity index (χ0v) is 13.4. The minimum absolute atomic E-state index is 0.288. The number of hydrogen-bond donors (Lipinski definition) is 0. The van der Waals surface area contributed by atoms with Crippen molar-refractivity contribution in [3.05, 3.63) is 65.2 Å². The first-order valence-electron chi connectivity index (χ1n) is 8.24. The maximum Gasteiger partial charge on any atom is 0.223 e. The summed E-state index contributed by atoms with van der Waals surface area (Å²) in [6.07, 6.45) is 2.56. The SMILES string of the molecule is COc1cccc2c1CC1C(CC(=O)N1Cc1ccccc1)C2. The first-order valence-corrected chi connectivity index (χ1v) is 8.24. The number of carbonyl (C=O) groups excluding carboxylic acids is 1. The summed E-state index contributed by atoms with van der Waals surface area (Å²) in [6, 6.07) is 16.8. The van der Waals surface area contributed by atoms with E-state index in [0.717, 1.165) is 18.6 Å². The Balaban J connectivity index is 1.63. The molecule has 1 heterocycles. The normalized spacial score (nSPS) is 22.7. The van der Waals surface area contributed by atoms with Crippen LogP contribution in [0.4, 0.5) is 0 Å². The van der Waals surface area contributed by atoms with Crippen molar-refractivity contribution < 1.29 is 9.53 Å². The summed E-state index contributed by atoms with van der Waals surface area (Å²) in [6.45, 7) is 0.714. The molecule has 1 aliphatic carbocycles. The zero-order chi connectivity index (χ0) is 15.8. The average Bonchev–Trinajstić information content (AvgIpc) is 2.88. The Labute approximate surface area is 136 Å². The number of likely N-dealkylation sites (tertiary alicyclic amines) is 1. The average molecular weight is 307 g/mol. The van der Waals surface area contributed by atoms with Crippen LogP contribution in [0.3, 0.4) is 0 Å². The number of methoxy groups -OCH3 is 1. The second-order valence-electron chi connectivity index (χ2n) is 6.54. The van der Waals surface area contributed by atoms with Crippen LogP contribution in [0.25, 0.3) is 0 Å². The van der Waals surface area contributed by atoms with Crippen LogP contribution in [0.15, 0.2) is 48.5 Å². The van der Waals surface area contributed by atoms with Gasteiger partial charge in [-0.05, 0) is 41.5 Å². The highest BCUT2D eigenvalue weighted by Crippen LogP contribution is 2.40. The minimum Gasteiger partial charge on any atom is -0.496 e. The van der Waals surface area contributed by atoms with Gasteiger partial charge in [0.15, 0.2) is 0 Å². The lowest BCUT2D eigenvalue weighted by Gasteiger charge is -2.33. The van der Waals surface area contributed by atoms with E-state index in [0.29, 0.717) is 24.9 Å². The van der Waals surface area contributed by atoms with Crippen LogP contribution < -0.4 is 4.74 Å². The summed E-state index contributed by atoms with van der Waals surface area (Å²) >= 11 is 0. The maximum atomic E-state index is 12.5. The van der Waals surface area contributed by atoms with Crippen LogP contribution in [0.1, 0.15) is 23.1 Å². The van der Waals surface area contributed by atoms with Gasteiger partial charge in [0.2, 0.25) is 5.91 Å². The van der Waals surface area contributed by atoms with Crippen molar-refractivity contribution in [1.82, 2.24) is 4.90 Å². The first-order chi connectivity index (χ1) is 11.3. The molecule has 0 saturated carbocycles. The van der Waals surface area contributed by atoms with Gasteiger partial charge >= 0.3 is 0 Å². The van der Waals surface area contributed by atoms with Gasteiger partial charge in [-0.3, -0.25) is 4.79 Å². The molecule has 3 heteroatoms. The number of ether oxygens (including phenoxy) is 1. The van der Waals surface area contributed by atoms with Crippen molar-refractivity contribution in [2.75, 3.05) is 7.11 Å². The Kier molecular flexibility index (Phi) is 3.56. The standard InChI is InChI=1S/C20H21NO2/c1-23-19-9-5-8-15-10-16-11-20(22)21(18(16)12-17(15)19)13-14-6-3-2-4-7-14/h2-9,16,18H,10-13H2,1H3. The summed E-state index contributed by atoms with van der Waals surface area (Å²) in [5, 5.41) is 0. The van der Waals surface area contributed by atoms with Gasteiger partial charge in [0.1, 0.15) is 5.75 Å². The molecule has 118 valence electrons. The lowest BCUT2D eigenvalue weighted by Crippen LogP contribution is -2.39. The molecule has 2 atom stereocenters. The van der Waals surface area contributed by atoms with Gasteiger partial charge in [-0.15, -0.1) is 0 Å². The Bertz CT molecular complexity index is 726. The molecule has 2 unspecified atom stereocenters. The van der Waals surface area contributed by atoms with E-state index >= 15 is 0 Å². The van der Waals surface area contributed by atoms with Gasteiger partial charge in [0, 0.05) is 19.0 Å². The predicted octanol–water partition coefficient (Wildman–Crippen LogP) is 3.21. The number of benzene rings is 2. The molecular weight excluding hydrogens is 286 g/mol. The van der Waals surface area contributed by atoms with Crippen molar-refractivity contribution in [2.24, 2.45) is 5.92 Å². The highest BCUT2D eigenvalue weighted by Gasteiger charge is 2.42. The van der Waals surface area contributed by atoms with E-state index in [2.05, 4.69) is 29.2 Å². The van der Waals surface area contributed by atoms with E-state index in [1.807, 2.05) is 24.3 Å². The van der Waals surface area contributed by atoms with Gasteiger partial charge in [0.05, 0.1) is 7.11 Å². The summed E-state index contributed by atoms with van der Waals surface area (Å²) in [7, 11) is 1.73. The third kappa shape index (κ3) is 2.50. The first kappa shape index (κ1) is 14.3. The molecule has 0 N–H and O–H groups in total. The van der Waals surface area contributed by atoms with Gasteiger partial charge in [-0.1, -0.05) is 42.5 Å². The smallest absolute Gasteiger partial charge is 0.223 e. The van der Waals surface area contributed by atoms with Gasteiger partial charge < -0.3 is 9.64 Å². The van der Waals surface area contributed by atoms with Gasteiger partial charge in [-0.25, -0.2) is 0 Å². The molecule has 2 aliphatic rings. The van der Waals surface area contributed by atoms with Crippen molar-refractivity contribution >= 4 is 5.91 Å². The molecule has 1 amide bonds. The fourth-order valence-electron chi connectivity index (χ4n) is 4.10. The number of hydrogen-bond acceptors (Lipinski definition) is 2. The highest BCUT2D eigenvalue weighted by atomic mass is 16.5. The van der Waals surface area contributed by atoms with E-state index in [9.17, 15) is 4.79 Å². The Morgan fingerprint density at radius 3 is 2.65 bits per heavy atom. The van der Waals surface area contributed by atoms with Crippen LogP contribution in [0, 0.1) is 5.92 Å². The Morgan fingerprint density at radius 2 is 1.87 bits per heavy atom. The second kappa shape index (κ2) is 5.73. The lowest BCUT2D eigenvalue weighted by molar-refractivity contribution is -0.129. The second-order valence-corrected chi connectivity index (χ2v) is 6.54. The minimum atomic E-state index is 0.288. The van der Waals surface area contributed by atoms with E-state index in [1.54, 1.807) is 7.11 Å². The van der Waals surface area contributed by atoms with E-state index in [-0.39, 0.29) is 5.91 Å². The third-order valence-electron chi connectivity index (χ3n) is 5.24. The predicted molar refractivity (Wildman–Crippen MR) is 89.3 cm³/mol. The molecule has 0 spiro atoms. The molecule has 3 nitrogen and oxygen atoms in total. The molecule has 0 bridgehead atoms. The fourth-order valence-corrected chi connectivity index (χ4v) is 4.10. The number of carbonyl (C=O) groups is 1. The van der Waals surface area contributed by atoms with Crippen LogP contribution in [-0.4, -0.2) is 24.0 Å². The monoisotopic (exact) mass is 307 g/mol. The van der Waals surface area contributed by atoms with Gasteiger partial charge in [-0.2, -0.15) is 0 Å². The highest BCUT2D eigenvalue weighted by molar-refractivity contribution is 5.79. The summed E-state index contributed by atoms with van der Waals surface area (Å²) in [5.41, 5.74) is 3.83. The van der Waals surface area contributed by atoms with Crippen molar-refractivity contribution in [1.29, 1.82) is 0 Å². The van der Waals surface area contributed by atoms with Crippen molar-refractivity contribution in [3.63, 3.8) is 0 Å². The topological polar surface area (TPSA) is 29.5 Å². The molecule has 2 aromatic carbocycles. The maximum absolute atomic E-state index is 12.5. The van der Waals surface area contributed by atoms with Crippen LogP contribution in [-0.2, 0) is 24.2 Å². The lowest BCUT2D eigenvalue weighted by atomic mass is 9.80. The number of amides is 1. The van der Waals surface area contributed by atoms with Crippen molar-refractivity contribution in [3.8, 4) is 5.75 Å². The summed E-state index contributed by atoms with van der Waals surface area (Å²) < 4.78 is 5.54. The molecule has 23 heavy (non-hydrogen) atoms. The molecule has 2 aromatic rings. The largest absolute Gasteiger partial charge is 0.496 e. The zero-order valence-electron chi connectivity index (χ0n) is 13.4.